The van der Waals surface area contributed by atoms with E-state index in [-0.39, 0.29) is 49.6 Å². The SMILES string of the molecule is CCCCCCCCCC.Cl.Cl.Cl.Cl. The van der Waals surface area contributed by atoms with Gasteiger partial charge in [-0.1, -0.05) is 65.2 Å². The minimum Gasteiger partial charge on any atom is -0.147 e. The van der Waals surface area contributed by atoms with Crippen LogP contribution in [0.15, 0.2) is 0 Å². The monoisotopic (exact) mass is 286 g/mol. The summed E-state index contributed by atoms with van der Waals surface area (Å²) in [6.45, 7) is 4.54. The molecule has 0 aliphatic heterocycles. The zero-order valence-electron chi connectivity index (χ0n) is 9.29. The molecule has 0 aliphatic rings. The van der Waals surface area contributed by atoms with Crippen LogP contribution in [0.4, 0.5) is 0 Å². The second kappa shape index (κ2) is 29.2. The lowest BCUT2D eigenvalue weighted by atomic mass is 10.1. The molecule has 0 atom stereocenters. The van der Waals surface area contributed by atoms with Crippen molar-refractivity contribution in [1.29, 1.82) is 0 Å². The predicted molar refractivity (Wildman–Crippen MR) is 77.3 cm³/mol. The van der Waals surface area contributed by atoms with Crippen LogP contribution in [0.1, 0.15) is 65.2 Å². The Labute approximate surface area is 115 Å². The Morgan fingerprint density at radius 2 is 0.643 bits per heavy atom. The molecule has 0 fully saturated rings. The zero-order valence-corrected chi connectivity index (χ0v) is 12.6. The summed E-state index contributed by atoms with van der Waals surface area (Å²) >= 11 is 0. The van der Waals surface area contributed by atoms with Crippen molar-refractivity contribution in [3.63, 3.8) is 0 Å². The van der Waals surface area contributed by atoms with E-state index in [0.29, 0.717) is 0 Å². The molecular formula is C10H26Cl4. The molecular weight excluding hydrogens is 262 g/mol. The molecule has 0 amide bonds. The maximum absolute atomic E-state index is 2.27. The van der Waals surface area contributed by atoms with Crippen LogP contribution in [-0.4, -0.2) is 0 Å². The lowest BCUT2D eigenvalue weighted by Gasteiger charge is -1.97. The van der Waals surface area contributed by atoms with E-state index in [1.807, 2.05) is 0 Å². The molecule has 0 N–H and O–H groups in total. The molecule has 0 aromatic heterocycles. The van der Waals surface area contributed by atoms with Crippen LogP contribution in [-0.2, 0) is 0 Å². The first-order valence-electron chi connectivity index (χ1n) is 4.91. The molecule has 0 rings (SSSR count). The number of unbranched alkanes of at least 4 members (excludes halogenated alkanes) is 7. The van der Waals surface area contributed by atoms with Crippen LogP contribution in [0.2, 0.25) is 0 Å². The molecule has 0 saturated heterocycles. The Morgan fingerprint density at radius 3 is 0.857 bits per heavy atom. The molecule has 0 saturated carbocycles. The van der Waals surface area contributed by atoms with Crippen LogP contribution in [0.5, 0.6) is 0 Å². The van der Waals surface area contributed by atoms with Crippen molar-refractivity contribution in [2.45, 2.75) is 65.2 Å². The Bertz CT molecular complexity index is 52.1. The van der Waals surface area contributed by atoms with Gasteiger partial charge in [0.05, 0.1) is 0 Å². The standard InChI is InChI=1S/C10H22.4ClH/c1-3-5-7-9-10-8-6-4-2;;;;/h3-10H2,1-2H3;4*1H. The van der Waals surface area contributed by atoms with Gasteiger partial charge in [0.1, 0.15) is 0 Å². The third-order valence-electron chi connectivity index (χ3n) is 1.96. The van der Waals surface area contributed by atoms with Crippen LogP contribution in [0.3, 0.4) is 0 Å². The van der Waals surface area contributed by atoms with Crippen molar-refractivity contribution in [1.82, 2.24) is 0 Å². The molecule has 0 unspecified atom stereocenters. The summed E-state index contributed by atoms with van der Waals surface area (Å²) in [5, 5.41) is 0. The highest BCUT2D eigenvalue weighted by Crippen LogP contribution is 2.07. The van der Waals surface area contributed by atoms with Crippen LogP contribution >= 0.6 is 49.6 Å². The highest BCUT2D eigenvalue weighted by molar-refractivity contribution is 5.86. The van der Waals surface area contributed by atoms with Crippen LogP contribution in [0, 0.1) is 0 Å². The quantitative estimate of drug-likeness (QED) is 0.517. The van der Waals surface area contributed by atoms with E-state index >= 15 is 0 Å². The van der Waals surface area contributed by atoms with Crippen LogP contribution in [0.25, 0.3) is 0 Å². The summed E-state index contributed by atoms with van der Waals surface area (Å²) in [7, 11) is 0. The van der Waals surface area contributed by atoms with Crippen molar-refractivity contribution in [2.24, 2.45) is 0 Å². The Balaban J connectivity index is -0.0000000675. The lowest BCUT2D eigenvalue weighted by Crippen LogP contribution is -1.77. The number of hydrogen-bond donors (Lipinski definition) is 0. The van der Waals surface area contributed by atoms with Gasteiger partial charge in [-0.3, -0.25) is 0 Å². The van der Waals surface area contributed by atoms with Crippen molar-refractivity contribution in [3.8, 4) is 0 Å². The fourth-order valence-corrected chi connectivity index (χ4v) is 1.21. The van der Waals surface area contributed by atoms with E-state index in [2.05, 4.69) is 13.8 Å². The lowest BCUT2D eigenvalue weighted by molar-refractivity contribution is 0.585. The molecule has 0 radical (unpaired) electrons. The number of halogens is 4. The van der Waals surface area contributed by atoms with Gasteiger partial charge in [0.15, 0.2) is 0 Å². The summed E-state index contributed by atoms with van der Waals surface area (Å²) < 4.78 is 0. The Morgan fingerprint density at radius 1 is 0.429 bits per heavy atom. The first kappa shape index (κ1) is 29.4. The minimum atomic E-state index is 0. The number of hydrogen-bond acceptors (Lipinski definition) is 0. The highest BCUT2D eigenvalue weighted by atomic mass is 35.5. The molecule has 0 bridgehead atoms. The van der Waals surface area contributed by atoms with Gasteiger partial charge in [0, 0.05) is 0 Å². The molecule has 0 aromatic carbocycles. The average Bonchev–Trinajstić information content (AvgIpc) is 1.97. The van der Waals surface area contributed by atoms with Gasteiger partial charge in [-0.2, -0.15) is 0 Å². The Hall–Kier alpha value is 1.16. The molecule has 94 valence electrons. The highest BCUT2D eigenvalue weighted by Gasteiger charge is 1.87. The number of rotatable bonds is 7. The van der Waals surface area contributed by atoms with Gasteiger partial charge in [-0.25, -0.2) is 0 Å². The molecule has 14 heavy (non-hydrogen) atoms. The topological polar surface area (TPSA) is 0 Å². The third kappa shape index (κ3) is 29.2. The molecule has 4 heteroatoms. The fraction of sp³-hybridized carbons (Fsp3) is 1.00. The predicted octanol–water partition coefficient (Wildman–Crippen LogP) is 5.83. The van der Waals surface area contributed by atoms with E-state index in [0.717, 1.165) is 0 Å². The van der Waals surface area contributed by atoms with E-state index in [1.54, 1.807) is 0 Å². The molecule has 0 nitrogen and oxygen atoms in total. The van der Waals surface area contributed by atoms with E-state index < -0.39 is 0 Å². The van der Waals surface area contributed by atoms with Crippen molar-refractivity contribution in [3.05, 3.63) is 0 Å². The van der Waals surface area contributed by atoms with E-state index in [1.165, 1.54) is 51.4 Å². The molecule has 0 heterocycles. The second-order valence-electron chi connectivity index (χ2n) is 3.12. The van der Waals surface area contributed by atoms with E-state index in [4.69, 9.17) is 0 Å². The first-order valence-corrected chi connectivity index (χ1v) is 4.91. The van der Waals surface area contributed by atoms with Gasteiger partial charge in [0.25, 0.3) is 0 Å². The third-order valence-corrected chi connectivity index (χ3v) is 1.96. The second-order valence-corrected chi connectivity index (χ2v) is 3.12. The summed E-state index contributed by atoms with van der Waals surface area (Å²) in [5.74, 6) is 0. The normalized spacial score (nSPS) is 7.29. The van der Waals surface area contributed by atoms with Crippen molar-refractivity contribution >= 4 is 49.6 Å². The summed E-state index contributed by atoms with van der Waals surface area (Å²) in [6.07, 6.45) is 11.5. The Kier molecular flexibility index (Phi) is 61.5. The molecule has 0 spiro atoms. The molecule has 0 aliphatic carbocycles. The summed E-state index contributed by atoms with van der Waals surface area (Å²) in [4.78, 5) is 0. The maximum Gasteiger partial charge on any atom is -0.0533 e. The van der Waals surface area contributed by atoms with Gasteiger partial charge in [-0.15, -0.1) is 49.6 Å². The van der Waals surface area contributed by atoms with Gasteiger partial charge in [-0.05, 0) is 0 Å². The smallest absolute Gasteiger partial charge is 0.0533 e. The summed E-state index contributed by atoms with van der Waals surface area (Å²) in [6, 6.07) is 0. The van der Waals surface area contributed by atoms with Gasteiger partial charge >= 0.3 is 0 Å². The largest absolute Gasteiger partial charge is 0.147 e. The van der Waals surface area contributed by atoms with E-state index in [9.17, 15) is 0 Å². The summed E-state index contributed by atoms with van der Waals surface area (Å²) in [5.41, 5.74) is 0. The average molecular weight is 288 g/mol. The van der Waals surface area contributed by atoms with Gasteiger partial charge < -0.3 is 0 Å². The fourth-order valence-electron chi connectivity index (χ4n) is 1.21. The zero-order chi connectivity index (χ0) is 7.66. The first-order chi connectivity index (χ1) is 4.91. The van der Waals surface area contributed by atoms with Crippen molar-refractivity contribution in [2.75, 3.05) is 0 Å². The van der Waals surface area contributed by atoms with Gasteiger partial charge in [0.2, 0.25) is 0 Å². The molecule has 0 aromatic rings. The maximum atomic E-state index is 2.27. The minimum absolute atomic E-state index is 0. The van der Waals surface area contributed by atoms with Crippen molar-refractivity contribution < 1.29 is 0 Å². The van der Waals surface area contributed by atoms with Crippen LogP contribution < -0.4 is 0 Å².